The molecule has 2 N–H and O–H groups in total. The Labute approximate surface area is 136 Å². The number of hydrogen-bond donors (Lipinski definition) is 2. The molecule has 126 valence electrons. The molecule has 0 amide bonds. The Balaban J connectivity index is 2.33. The molecule has 1 heterocycles. The number of benzene rings is 1. The zero-order chi connectivity index (χ0) is 17.0. The van der Waals surface area contributed by atoms with Crippen LogP contribution < -0.4 is 10.1 Å². The van der Waals surface area contributed by atoms with Gasteiger partial charge in [0.15, 0.2) is 0 Å². The summed E-state index contributed by atoms with van der Waals surface area (Å²) in [6, 6.07) is 5.56. The van der Waals surface area contributed by atoms with Crippen molar-refractivity contribution in [1.82, 2.24) is 9.88 Å². The quantitative estimate of drug-likeness (QED) is 0.759. The Bertz CT molecular complexity index is 693. The van der Waals surface area contributed by atoms with E-state index in [1.54, 1.807) is 14.0 Å². The van der Waals surface area contributed by atoms with Crippen molar-refractivity contribution in [3.8, 4) is 5.75 Å². The molecule has 0 radical (unpaired) electrons. The Kier molecular flexibility index (Phi) is 5.63. The summed E-state index contributed by atoms with van der Waals surface area (Å²) in [5.41, 5.74) is 2.35. The first-order valence-electron chi connectivity index (χ1n) is 7.71. The number of rotatable bonds is 7. The van der Waals surface area contributed by atoms with Crippen LogP contribution in [0.2, 0.25) is 0 Å². The van der Waals surface area contributed by atoms with Gasteiger partial charge in [-0.2, -0.15) is 0 Å². The van der Waals surface area contributed by atoms with Crippen LogP contribution in [0.3, 0.4) is 0 Å². The fourth-order valence-corrected chi connectivity index (χ4v) is 2.59. The van der Waals surface area contributed by atoms with Crippen LogP contribution in [0.4, 0.5) is 0 Å². The van der Waals surface area contributed by atoms with Gasteiger partial charge in [-0.25, -0.2) is 4.79 Å². The topological polar surface area (TPSA) is 72.7 Å². The molecule has 1 aromatic carbocycles. The van der Waals surface area contributed by atoms with Gasteiger partial charge in [0.2, 0.25) is 0 Å². The number of ether oxygens (including phenoxy) is 2. The van der Waals surface area contributed by atoms with Crippen LogP contribution in [0.5, 0.6) is 5.75 Å². The lowest BCUT2D eigenvalue weighted by molar-refractivity contribution is 0.0527. The Morgan fingerprint density at radius 1 is 1.43 bits per heavy atom. The molecule has 0 unspecified atom stereocenters. The Morgan fingerprint density at radius 3 is 2.83 bits per heavy atom. The zero-order valence-corrected chi connectivity index (χ0v) is 14.0. The summed E-state index contributed by atoms with van der Waals surface area (Å²) in [5, 5.41) is 13.4. The van der Waals surface area contributed by atoms with Crippen LogP contribution in [-0.2, 0) is 11.8 Å². The molecule has 0 fully saturated rings. The summed E-state index contributed by atoms with van der Waals surface area (Å²) in [4.78, 5) is 12.2. The first-order valence-corrected chi connectivity index (χ1v) is 7.71. The van der Waals surface area contributed by atoms with Crippen LogP contribution in [0.15, 0.2) is 18.2 Å². The number of carbonyl (C=O) groups excluding carboxylic acids is 1. The van der Waals surface area contributed by atoms with E-state index < -0.39 is 6.10 Å². The average molecular weight is 320 g/mol. The lowest BCUT2D eigenvalue weighted by Crippen LogP contribution is -2.29. The monoisotopic (exact) mass is 320 g/mol. The van der Waals surface area contributed by atoms with Crippen LogP contribution in [0, 0.1) is 6.92 Å². The maximum Gasteiger partial charge on any atom is 0.340 e. The van der Waals surface area contributed by atoms with Gasteiger partial charge < -0.3 is 24.5 Å². The van der Waals surface area contributed by atoms with Gasteiger partial charge >= 0.3 is 5.97 Å². The molecule has 0 spiro atoms. The number of likely N-dealkylation sites (N-methyl/N-ethyl adjacent to an activating group) is 1. The highest BCUT2D eigenvalue weighted by Crippen LogP contribution is 2.29. The van der Waals surface area contributed by atoms with Crippen LogP contribution in [0.25, 0.3) is 10.9 Å². The lowest BCUT2D eigenvalue weighted by Gasteiger charge is -2.12. The lowest BCUT2D eigenvalue weighted by atomic mass is 10.1. The van der Waals surface area contributed by atoms with Crippen molar-refractivity contribution >= 4 is 16.9 Å². The van der Waals surface area contributed by atoms with Crippen molar-refractivity contribution in [1.29, 1.82) is 0 Å². The third-order valence-electron chi connectivity index (χ3n) is 3.83. The van der Waals surface area contributed by atoms with Gasteiger partial charge in [0.1, 0.15) is 18.5 Å². The molecule has 0 saturated carbocycles. The highest BCUT2D eigenvalue weighted by molar-refractivity contribution is 6.06. The number of carbonyl (C=O) groups is 1. The van der Waals surface area contributed by atoms with Crippen molar-refractivity contribution in [2.45, 2.75) is 20.0 Å². The van der Waals surface area contributed by atoms with E-state index in [0.29, 0.717) is 24.5 Å². The summed E-state index contributed by atoms with van der Waals surface area (Å²) in [6.07, 6.45) is -0.585. The zero-order valence-electron chi connectivity index (χ0n) is 14.0. The average Bonchev–Trinajstić information content (AvgIpc) is 2.77. The molecule has 6 nitrogen and oxygen atoms in total. The predicted molar refractivity (Wildman–Crippen MR) is 89.0 cm³/mol. The van der Waals surface area contributed by atoms with Crippen molar-refractivity contribution in [2.75, 3.05) is 26.8 Å². The summed E-state index contributed by atoms with van der Waals surface area (Å²) < 4.78 is 12.7. The number of aryl methyl sites for hydroxylation is 1. The fourth-order valence-electron chi connectivity index (χ4n) is 2.59. The number of hydrogen-bond acceptors (Lipinski definition) is 5. The van der Waals surface area contributed by atoms with Gasteiger partial charge in [0.25, 0.3) is 0 Å². The van der Waals surface area contributed by atoms with E-state index in [1.165, 1.54) is 0 Å². The highest BCUT2D eigenvalue weighted by atomic mass is 16.5. The van der Waals surface area contributed by atoms with E-state index in [0.717, 1.165) is 16.6 Å². The summed E-state index contributed by atoms with van der Waals surface area (Å²) >= 11 is 0. The number of nitrogens with zero attached hydrogens (tertiary/aromatic N) is 1. The Morgan fingerprint density at radius 2 is 2.17 bits per heavy atom. The minimum atomic E-state index is -0.585. The number of fused-ring (bicyclic) bond motifs is 1. The van der Waals surface area contributed by atoms with Gasteiger partial charge in [0, 0.05) is 30.2 Å². The molecule has 2 aromatic rings. The third-order valence-corrected chi connectivity index (χ3v) is 3.83. The maximum absolute atomic E-state index is 12.2. The van der Waals surface area contributed by atoms with E-state index in [-0.39, 0.29) is 12.6 Å². The Hall–Kier alpha value is -2.05. The molecule has 2 rings (SSSR count). The highest BCUT2D eigenvalue weighted by Gasteiger charge is 2.20. The molecule has 0 saturated heterocycles. The van der Waals surface area contributed by atoms with Gasteiger partial charge in [-0.3, -0.25) is 0 Å². The first kappa shape index (κ1) is 17.3. The molecule has 6 heteroatoms. The van der Waals surface area contributed by atoms with Crippen LogP contribution >= 0.6 is 0 Å². The van der Waals surface area contributed by atoms with Gasteiger partial charge in [-0.05, 0) is 39.1 Å². The molecule has 1 aromatic heterocycles. The minimum absolute atomic E-state index is 0.187. The molecule has 0 aliphatic carbocycles. The van der Waals surface area contributed by atoms with Gasteiger partial charge in [-0.1, -0.05) is 0 Å². The number of aliphatic hydroxyl groups excluding tert-OH is 1. The third kappa shape index (κ3) is 3.65. The van der Waals surface area contributed by atoms with Crippen LogP contribution in [-0.4, -0.2) is 48.6 Å². The predicted octanol–water partition coefficient (Wildman–Crippen LogP) is 1.62. The van der Waals surface area contributed by atoms with Crippen molar-refractivity contribution in [2.24, 2.45) is 7.05 Å². The molecular formula is C17H24N2O4. The standard InChI is InChI=1S/C17H24N2O4/c1-5-22-17(21)16-11(2)19(4)15-7-6-13(8-14(15)16)23-10-12(20)9-18-3/h6-8,12,18,20H,5,9-10H2,1-4H3/t12-/m0/s1. The van der Waals surface area contributed by atoms with E-state index in [1.807, 2.05) is 36.7 Å². The van der Waals surface area contributed by atoms with E-state index in [4.69, 9.17) is 9.47 Å². The molecule has 23 heavy (non-hydrogen) atoms. The molecule has 0 aliphatic heterocycles. The molecule has 1 atom stereocenters. The van der Waals surface area contributed by atoms with E-state index in [9.17, 15) is 9.90 Å². The maximum atomic E-state index is 12.2. The normalized spacial score (nSPS) is 12.4. The van der Waals surface area contributed by atoms with Crippen LogP contribution in [0.1, 0.15) is 23.0 Å². The second kappa shape index (κ2) is 7.48. The number of nitrogens with one attached hydrogen (secondary N) is 1. The summed E-state index contributed by atoms with van der Waals surface area (Å²) in [5.74, 6) is 0.284. The van der Waals surface area contributed by atoms with Crippen molar-refractivity contribution in [3.05, 3.63) is 29.5 Å². The molecular weight excluding hydrogens is 296 g/mol. The SMILES string of the molecule is CCOC(=O)c1c(C)n(C)c2ccc(OC[C@@H](O)CNC)cc12. The largest absolute Gasteiger partial charge is 0.491 e. The smallest absolute Gasteiger partial charge is 0.340 e. The van der Waals surface area contributed by atoms with Gasteiger partial charge in [-0.15, -0.1) is 0 Å². The number of aromatic nitrogens is 1. The molecule has 0 bridgehead atoms. The summed E-state index contributed by atoms with van der Waals surface area (Å²) in [6.45, 7) is 4.66. The van der Waals surface area contributed by atoms with E-state index in [2.05, 4.69) is 5.32 Å². The number of esters is 1. The van der Waals surface area contributed by atoms with E-state index >= 15 is 0 Å². The fraction of sp³-hybridized carbons (Fsp3) is 0.471. The number of aliphatic hydroxyl groups is 1. The van der Waals surface area contributed by atoms with Crippen molar-refractivity contribution < 1.29 is 19.4 Å². The molecule has 0 aliphatic rings. The second-order valence-electron chi connectivity index (χ2n) is 5.44. The minimum Gasteiger partial charge on any atom is -0.491 e. The second-order valence-corrected chi connectivity index (χ2v) is 5.44. The first-order chi connectivity index (χ1) is 11.0. The summed E-state index contributed by atoms with van der Waals surface area (Å²) in [7, 11) is 3.69. The van der Waals surface area contributed by atoms with Gasteiger partial charge in [0.05, 0.1) is 12.2 Å². The van der Waals surface area contributed by atoms with Crippen molar-refractivity contribution in [3.63, 3.8) is 0 Å².